The first-order valence-electron chi connectivity index (χ1n) is 8.37. The Morgan fingerprint density at radius 2 is 1.96 bits per heavy atom. The Balaban J connectivity index is 0.00000264. The predicted molar refractivity (Wildman–Crippen MR) is 105 cm³/mol. The van der Waals surface area contributed by atoms with Crippen molar-refractivity contribution in [3.8, 4) is 0 Å². The second kappa shape index (κ2) is 9.39. The standard InChI is InChI=1S/C16H32N4O2.HI/c1-15(2)13-20(9-11-21-15)8-7-18-14(17-4)19-12-16(3)6-5-10-22-16;/h5-13H2,1-4H3,(H2,17,18,19);1H. The number of hydrogen-bond acceptors (Lipinski definition) is 4. The topological polar surface area (TPSA) is 58.1 Å². The van der Waals surface area contributed by atoms with Gasteiger partial charge in [0.05, 0.1) is 17.8 Å². The first-order valence-corrected chi connectivity index (χ1v) is 8.37. The lowest BCUT2D eigenvalue weighted by Crippen LogP contribution is -2.51. The third kappa shape index (κ3) is 7.11. The molecule has 2 rings (SSSR count). The summed E-state index contributed by atoms with van der Waals surface area (Å²) in [4.78, 5) is 6.72. The number of hydrogen-bond donors (Lipinski definition) is 2. The van der Waals surface area contributed by atoms with Gasteiger partial charge in [-0.25, -0.2) is 0 Å². The molecule has 6 nitrogen and oxygen atoms in total. The van der Waals surface area contributed by atoms with Crippen LogP contribution < -0.4 is 10.6 Å². The van der Waals surface area contributed by atoms with Gasteiger partial charge in [-0.2, -0.15) is 0 Å². The molecule has 0 aliphatic carbocycles. The highest BCUT2D eigenvalue weighted by molar-refractivity contribution is 14.0. The SMILES string of the molecule is CN=C(NCCN1CCOC(C)(C)C1)NCC1(C)CCCO1.I. The molecular formula is C16H33IN4O2. The maximum atomic E-state index is 5.79. The Hall–Kier alpha value is -0.120. The summed E-state index contributed by atoms with van der Waals surface area (Å²) in [5, 5.41) is 6.76. The van der Waals surface area contributed by atoms with Gasteiger partial charge < -0.3 is 20.1 Å². The minimum atomic E-state index is -0.0497. The minimum Gasteiger partial charge on any atom is -0.373 e. The Morgan fingerprint density at radius 1 is 1.17 bits per heavy atom. The molecule has 1 atom stereocenters. The summed E-state index contributed by atoms with van der Waals surface area (Å²) in [5.74, 6) is 0.851. The number of ether oxygens (including phenoxy) is 2. The van der Waals surface area contributed by atoms with Crippen molar-refractivity contribution < 1.29 is 9.47 Å². The Kier molecular flexibility index (Phi) is 8.54. The lowest BCUT2D eigenvalue weighted by Gasteiger charge is -2.38. The number of morpholine rings is 1. The summed E-state index contributed by atoms with van der Waals surface area (Å²) >= 11 is 0. The molecule has 0 spiro atoms. The van der Waals surface area contributed by atoms with E-state index in [0.29, 0.717) is 0 Å². The minimum absolute atomic E-state index is 0. The molecule has 2 N–H and O–H groups in total. The van der Waals surface area contributed by atoms with Crippen molar-refractivity contribution >= 4 is 29.9 Å². The first kappa shape index (κ1) is 20.9. The molecule has 7 heteroatoms. The number of nitrogens with one attached hydrogen (secondary N) is 2. The van der Waals surface area contributed by atoms with Gasteiger partial charge in [0.25, 0.3) is 0 Å². The van der Waals surface area contributed by atoms with E-state index in [2.05, 4.69) is 41.3 Å². The van der Waals surface area contributed by atoms with E-state index >= 15 is 0 Å². The lowest BCUT2D eigenvalue weighted by molar-refractivity contribution is -0.0852. The molecular weight excluding hydrogens is 407 g/mol. The molecule has 2 saturated heterocycles. The molecule has 0 amide bonds. The van der Waals surface area contributed by atoms with Crippen LogP contribution in [0.15, 0.2) is 4.99 Å². The van der Waals surface area contributed by atoms with Crippen LogP contribution in [0, 0.1) is 0 Å². The van der Waals surface area contributed by atoms with Crippen molar-refractivity contribution in [3.05, 3.63) is 0 Å². The summed E-state index contributed by atoms with van der Waals surface area (Å²) in [6.45, 7) is 12.8. The van der Waals surface area contributed by atoms with Crippen LogP contribution in [0.2, 0.25) is 0 Å². The lowest BCUT2D eigenvalue weighted by atomic mass is 10.0. The van der Waals surface area contributed by atoms with Crippen LogP contribution in [0.3, 0.4) is 0 Å². The third-order valence-electron chi connectivity index (χ3n) is 4.38. The summed E-state index contributed by atoms with van der Waals surface area (Å²) in [7, 11) is 1.81. The van der Waals surface area contributed by atoms with Crippen LogP contribution in [0.4, 0.5) is 0 Å². The fourth-order valence-corrected chi connectivity index (χ4v) is 3.11. The molecule has 2 heterocycles. The number of halogens is 1. The molecule has 1 unspecified atom stereocenters. The Bertz CT molecular complexity index is 384. The maximum absolute atomic E-state index is 5.79. The van der Waals surface area contributed by atoms with Crippen molar-refractivity contribution in [1.29, 1.82) is 0 Å². The summed E-state index contributed by atoms with van der Waals surface area (Å²) < 4.78 is 11.5. The van der Waals surface area contributed by atoms with Crippen molar-refractivity contribution in [2.75, 3.05) is 53.0 Å². The maximum Gasteiger partial charge on any atom is 0.191 e. The van der Waals surface area contributed by atoms with Gasteiger partial charge >= 0.3 is 0 Å². The van der Waals surface area contributed by atoms with Crippen molar-refractivity contribution in [3.63, 3.8) is 0 Å². The van der Waals surface area contributed by atoms with Crippen LogP contribution in [-0.2, 0) is 9.47 Å². The largest absolute Gasteiger partial charge is 0.373 e. The first-order chi connectivity index (χ1) is 10.4. The van der Waals surface area contributed by atoms with E-state index in [1.807, 2.05) is 7.05 Å². The van der Waals surface area contributed by atoms with Crippen molar-refractivity contribution in [1.82, 2.24) is 15.5 Å². The number of guanidine groups is 1. The predicted octanol–water partition coefficient (Wildman–Crippen LogP) is 1.45. The second-order valence-corrected chi connectivity index (χ2v) is 7.14. The fraction of sp³-hybridized carbons (Fsp3) is 0.938. The molecule has 0 aromatic rings. The Labute approximate surface area is 157 Å². The normalized spacial score (nSPS) is 28.3. The van der Waals surface area contributed by atoms with Crippen LogP contribution in [-0.4, -0.2) is 75.0 Å². The zero-order chi connectivity index (χ0) is 16.1. The van der Waals surface area contributed by atoms with E-state index in [9.17, 15) is 0 Å². The molecule has 2 aliphatic rings. The highest BCUT2D eigenvalue weighted by Gasteiger charge is 2.30. The zero-order valence-electron chi connectivity index (χ0n) is 15.0. The molecule has 2 fully saturated rings. The monoisotopic (exact) mass is 440 g/mol. The molecule has 0 radical (unpaired) electrons. The van der Waals surface area contributed by atoms with Gasteiger partial charge in [0.15, 0.2) is 5.96 Å². The third-order valence-corrected chi connectivity index (χ3v) is 4.38. The van der Waals surface area contributed by atoms with Crippen molar-refractivity contribution in [2.45, 2.75) is 44.8 Å². The average molecular weight is 440 g/mol. The Morgan fingerprint density at radius 3 is 2.57 bits per heavy atom. The van der Waals surface area contributed by atoms with Gasteiger partial charge in [0, 0.05) is 46.4 Å². The molecule has 136 valence electrons. The number of nitrogens with zero attached hydrogens (tertiary/aromatic N) is 2. The van der Waals surface area contributed by atoms with Gasteiger partial charge in [-0.05, 0) is 33.6 Å². The highest BCUT2D eigenvalue weighted by Crippen LogP contribution is 2.23. The van der Waals surface area contributed by atoms with Crippen LogP contribution in [0.1, 0.15) is 33.6 Å². The van der Waals surface area contributed by atoms with Crippen LogP contribution in [0.25, 0.3) is 0 Å². The molecule has 2 aliphatic heterocycles. The van der Waals surface area contributed by atoms with Gasteiger partial charge in [0.1, 0.15) is 0 Å². The van der Waals surface area contributed by atoms with Gasteiger partial charge in [-0.15, -0.1) is 24.0 Å². The zero-order valence-corrected chi connectivity index (χ0v) is 17.3. The molecule has 0 bridgehead atoms. The van der Waals surface area contributed by atoms with Crippen LogP contribution >= 0.6 is 24.0 Å². The van der Waals surface area contributed by atoms with E-state index in [4.69, 9.17) is 9.47 Å². The van der Waals surface area contributed by atoms with Crippen LogP contribution in [0.5, 0.6) is 0 Å². The highest BCUT2D eigenvalue weighted by atomic mass is 127. The second-order valence-electron chi connectivity index (χ2n) is 7.14. The summed E-state index contributed by atoms with van der Waals surface area (Å²) in [6, 6.07) is 0. The molecule has 0 aromatic carbocycles. The van der Waals surface area contributed by atoms with E-state index in [1.165, 1.54) is 0 Å². The number of rotatable bonds is 5. The molecule has 0 aromatic heterocycles. The van der Waals surface area contributed by atoms with Gasteiger partial charge in [0.2, 0.25) is 0 Å². The summed E-state index contributed by atoms with van der Waals surface area (Å²) in [6.07, 6.45) is 2.26. The molecule has 0 saturated carbocycles. The van der Waals surface area contributed by atoms with E-state index < -0.39 is 0 Å². The molecule has 23 heavy (non-hydrogen) atoms. The van der Waals surface area contributed by atoms with E-state index in [0.717, 1.165) is 64.7 Å². The van der Waals surface area contributed by atoms with Gasteiger partial charge in [-0.3, -0.25) is 9.89 Å². The summed E-state index contributed by atoms with van der Waals surface area (Å²) in [5.41, 5.74) is -0.0849. The van der Waals surface area contributed by atoms with Gasteiger partial charge in [-0.1, -0.05) is 0 Å². The quantitative estimate of drug-likeness (QED) is 0.385. The van der Waals surface area contributed by atoms with E-state index in [-0.39, 0.29) is 35.2 Å². The van der Waals surface area contributed by atoms with Crippen molar-refractivity contribution in [2.24, 2.45) is 4.99 Å². The smallest absolute Gasteiger partial charge is 0.191 e. The fourth-order valence-electron chi connectivity index (χ4n) is 3.11. The average Bonchev–Trinajstić information content (AvgIpc) is 2.89. The van der Waals surface area contributed by atoms with E-state index in [1.54, 1.807) is 0 Å². The number of aliphatic imine (C=N–C) groups is 1.